The Morgan fingerprint density at radius 3 is 2.21 bits per heavy atom. The summed E-state index contributed by atoms with van der Waals surface area (Å²) in [5.74, 6) is -0.363. The van der Waals surface area contributed by atoms with Crippen LogP contribution in [0.15, 0.2) is 35.9 Å². The van der Waals surface area contributed by atoms with Gasteiger partial charge in [-0.2, -0.15) is 0 Å². The second-order valence-electron chi connectivity index (χ2n) is 5.14. The molecule has 0 amide bonds. The third kappa shape index (κ3) is 6.16. The minimum absolute atomic E-state index is 0.137. The van der Waals surface area contributed by atoms with Crippen LogP contribution in [-0.4, -0.2) is 37.9 Å². The van der Waals surface area contributed by atoms with Crippen molar-refractivity contribution < 1.29 is 28.9 Å². The van der Waals surface area contributed by atoms with E-state index < -0.39 is 11.9 Å². The van der Waals surface area contributed by atoms with Gasteiger partial charge in [-0.05, 0) is 43.5 Å². The van der Waals surface area contributed by atoms with Crippen molar-refractivity contribution >= 4 is 18.0 Å². The number of hydrogen-bond acceptors (Lipinski definition) is 5. The SMILES string of the molecule is C=C(C)C(=O)OCCCC(=Cc1cc(OC)cc(OC)c1)C(=O)O. The highest BCUT2D eigenvalue weighted by Crippen LogP contribution is 2.24. The molecule has 0 aliphatic rings. The maximum Gasteiger partial charge on any atom is 0.333 e. The van der Waals surface area contributed by atoms with E-state index in [1.54, 1.807) is 31.2 Å². The van der Waals surface area contributed by atoms with E-state index in [9.17, 15) is 14.7 Å². The van der Waals surface area contributed by atoms with E-state index in [-0.39, 0.29) is 18.6 Å². The minimum Gasteiger partial charge on any atom is -0.497 e. The molecule has 0 bridgehead atoms. The van der Waals surface area contributed by atoms with Crippen LogP contribution >= 0.6 is 0 Å². The first-order valence-electron chi connectivity index (χ1n) is 7.37. The molecule has 0 fully saturated rings. The first-order valence-corrected chi connectivity index (χ1v) is 7.37. The smallest absolute Gasteiger partial charge is 0.333 e. The zero-order chi connectivity index (χ0) is 18.1. The predicted molar refractivity (Wildman–Crippen MR) is 90.2 cm³/mol. The average Bonchev–Trinajstić information content (AvgIpc) is 2.56. The number of carboxylic acid groups (broad SMARTS) is 1. The topological polar surface area (TPSA) is 82.1 Å². The van der Waals surface area contributed by atoms with Gasteiger partial charge in [-0.3, -0.25) is 0 Å². The quantitative estimate of drug-likeness (QED) is 0.424. The van der Waals surface area contributed by atoms with E-state index >= 15 is 0 Å². The van der Waals surface area contributed by atoms with Crippen LogP contribution in [0.5, 0.6) is 11.5 Å². The predicted octanol–water partition coefficient (Wildman–Crippen LogP) is 3.07. The van der Waals surface area contributed by atoms with Crippen LogP contribution < -0.4 is 9.47 Å². The monoisotopic (exact) mass is 334 g/mol. The normalized spacial score (nSPS) is 10.9. The molecule has 0 aliphatic carbocycles. The molecular weight excluding hydrogens is 312 g/mol. The Labute approximate surface area is 141 Å². The first-order chi connectivity index (χ1) is 11.4. The van der Waals surface area contributed by atoms with E-state index in [4.69, 9.17) is 14.2 Å². The van der Waals surface area contributed by atoms with E-state index in [0.717, 1.165) is 0 Å². The molecule has 0 saturated heterocycles. The standard InChI is InChI=1S/C18H22O6/c1-12(2)18(21)24-7-5-6-14(17(19)20)8-13-9-15(22-3)11-16(10-13)23-4/h8-11H,1,5-7H2,2-4H3,(H,19,20). The number of aliphatic carboxylic acids is 1. The summed E-state index contributed by atoms with van der Waals surface area (Å²) in [4.78, 5) is 22.7. The fourth-order valence-electron chi connectivity index (χ4n) is 1.91. The van der Waals surface area contributed by atoms with Gasteiger partial charge in [0.25, 0.3) is 0 Å². The average molecular weight is 334 g/mol. The molecule has 130 valence electrons. The molecule has 0 saturated carbocycles. The number of ether oxygens (including phenoxy) is 3. The molecule has 6 nitrogen and oxygen atoms in total. The van der Waals surface area contributed by atoms with E-state index in [1.165, 1.54) is 14.2 Å². The maximum atomic E-state index is 11.4. The Balaban J connectivity index is 2.81. The number of esters is 1. The lowest BCUT2D eigenvalue weighted by molar-refractivity contribution is -0.139. The number of hydrogen-bond donors (Lipinski definition) is 1. The number of carbonyl (C=O) groups excluding carboxylic acids is 1. The van der Waals surface area contributed by atoms with E-state index in [0.29, 0.717) is 29.1 Å². The van der Waals surface area contributed by atoms with Gasteiger partial charge in [-0.15, -0.1) is 0 Å². The molecule has 6 heteroatoms. The molecule has 0 aliphatic heterocycles. The summed E-state index contributed by atoms with van der Waals surface area (Å²) in [6.07, 6.45) is 2.21. The van der Waals surface area contributed by atoms with Crippen LogP contribution in [0.2, 0.25) is 0 Å². The number of carbonyl (C=O) groups is 2. The molecule has 0 heterocycles. The van der Waals surface area contributed by atoms with E-state index in [1.807, 2.05) is 0 Å². The number of benzene rings is 1. The zero-order valence-electron chi connectivity index (χ0n) is 14.1. The molecule has 0 atom stereocenters. The van der Waals surface area contributed by atoms with Gasteiger partial charge in [-0.1, -0.05) is 6.58 Å². The minimum atomic E-state index is -1.02. The molecule has 1 rings (SSSR count). The lowest BCUT2D eigenvalue weighted by Crippen LogP contribution is -2.08. The third-order valence-electron chi connectivity index (χ3n) is 3.16. The molecule has 24 heavy (non-hydrogen) atoms. The lowest BCUT2D eigenvalue weighted by atomic mass is 10.1. The molecule has 0 unspecified atom stereocenters. The summed E-state index contributed by atoms with van der Waals surface area (Å²) in [5, 5.41) is 9.33. The molecule has 1 aromatic rings. The summed E-state index contributed by atoms with van der Waals surface area (Å²) < 4.78 is 15.3. The van der Waals surface area contributed by atoms with Gasteiger partial charge in [0, 0.05) is 17.2 Å². The first kappa shape index (κ1) is 19.3. The van der Waals surface area contributed by atoms with Crippen molar-refractivity contribution in [2.24, 2.45) is 0 Å². The second kappa shape index (κ2) is 9.39. The summed E-state index contributed by atoms with van der Waals surface area (Å²) >= 11 is 0. The van der Waals surface area contributed by atoms with Crippen LogP contribution in [0, 0.1) is 0 Å². The van der Waals surface area contributed by atoms with Crippen LogP contribution in [0.3, 0.4) is 0 Å². The van der Waals surface area contributed by atoms with Crippen LogP contribution in [-0.2, 0) is 14.3 Å². The molecule has 1 N–H and O–H groups in total. The van der Waals surface area contributed by atoms with Gasteiger partial charge in [0.1, 0.15) is 11.5 Å². The molecule has 0 spiro atoms. The van der Waals surface area contributed by atoms with Gasteiger partial charge in [-0.25, -0.2) is 9.59 Å². The van der Waals surface area contributed by atoms with Crippen molar-refractivity contribution in [3.63, 3.8) is 0 Å². The van der Waals surface area contributed by atoms with Gasteiger partial charge < -0.3 is 19.3 Å². The van der Waals surface area contributed by atoms with Gasteiger partial charge in [0.05, 0.1) is 20.8 Å². The van der Waals surface area contributed by atoms with Crippen molar-refractivity contribution in [3.8, 4) is 11.5 Å². The number of rotatable bonds is 9. The van der Waals surface area contributed by atoms with Gasteiger partial charge in [0.2, 0.25) is 0 Å². The fraction of sp³-hybridized carbons (Fsp3) is 0.333. The highest BCUT2D eigenvalue weighted by molar-refractivity contribution is 5.92. The molecule has 0 radical (unpaired) electrons. The van der Waals surface area contributed by atoms with Crippen molar-refractivity contribution in [3.05, 3.63) is 41.5 Å². The van der Waals surface area contributed by atoms with Crippen LogP contribution in [0.4, 0.5) is 0 Å². The highest BCUT2D eigenvalue weighted by Gasteiger charge is 2.10. The van der Waals surface area contributed by atoms with Crippen molar-refractivity contribution in [2.75, 3.05) is 20.8 Å². The molecular formula is C18H22O6. The Morgan fingerprint density at radius 2 is 1.75 bits per heavy atom. The Morgan fingerprint density at radius 1 is 1.17 bits per heavy atom. The van der Waals surface area contributed by atoms with Crippen molar-refractivity contribution in [1.82, 2.24) is 0 Å². The maximum absolute atomic E-state index is 11.4. The highest BCUT2D eigenvalue weighted by atomic mass is 16.5. The molecule has 1 aromatic carbocycles. The Hall–Kier alpha value is -2.76. The molecule has 0 aromatic heterocycles. The summed E-state index contributed by atoms with van der Waals surface area (Å²) in [7, 11) is 3.05. The summed E-state index contributed by atoms with van der Waals surface area (Å²) in [6, 6.07) is 5.13. The fourth-order valence-corrected chi connectivity index (χ4v) is 1.91. The van der Waals surface area contributed by atoms with Gasteiger partial charge >= 0.3 is 11.9 Å². The van der Waals surface area contributed by atoms with Crippen LogP contribution in [0.1, 0.15) is 25.3 Å². The summed E-state index contributed by atoms with van der Waals surface area (Å²) in [5.41, 5.74) is 1.17. The van der Waals surface area contributed by atoms with Crippen molar-refractivity contribution in [2.45, 2.75) is 19.8 Å². The van der Waals surface area contributed by atoms with Crippen molar-refractivity contribution in [1.29, 1.82) is 0 Å². The third-order valence-corrected chi connectivity index (χ3v) is 3.16. The summed E-state index contributed by atoms with van der Waals surface area (Å²) in [6.45, 7) is 5.18. The zero-order valence-corrected chi connectivity index (χ0v) is 14.1. The number of methoxy groups -OCH3 is 2. The number of carboxylic acids is 1. The van der Waals surface area contributed by atoms with E-state index in [2.05, 4.69) is 6.58 Å². The van der Waals surface area contributed by atoms with Crippen LogP contribution in [0.25, 0.3) is 6.08 Å². The van der Waals surface area contributed by atoms with Gasteiger partial charge in [0.15, 0.2) is 0 Å². The lowest BCUT2D eigenvalue weighted by Gasteiger charge is -2.08. The Bertz CT molecular complexity index is 623. The second-order valence-corrected chi connectivity index (χ2v) is 5.14. The largest absolute Gasteiger partial charge is 0.497 e. The Kier molecular flexibility index (Phi) is 7.55.